The second-order valence-corrected chi connectivity index (χ2v) is 6.01. The van der Waals surface area contributed by atoms with Crippen molar-refractivity contribution in [1.29, 1.82) is 0 Å². The zero-order valence-electron chi connectivity index (χ0n) is 16.3. The minimum atomic E-state index is -1.24. The molecule has 0 radical (unpaired) electrons. The van der Waals surface area contributed by atoms with Gasteiger partial charge in [-0.3, -0.25) is 4.79 Å². The molecule has 0 fully saturated rings. The smallest absolute Gasteiger partial charge is 0.509 e. The lowest BCUT2D eigenvalue weighted by Crippen LogP contribution is -3.00. The second kappa shape index (κ2) is 12.0. The Kier molecular flexibility index (Phi) is 9.72. The molecule has 166 valence electrons. The number of aryl methyl sites for hydroxylation is 1. The van der Waals surface area contributed by atoms with Crippen LogP contribution in [0.15, 0.2) is 63.7 Å². The number of nitrogens with zero attached hydrogens (tertiary/aromatic N) is 7. The maximum atomic E-state index is 11.4. The molecule has 0 saturated carbocycles. The van der Waals surface area contributed by atoms with E-state index in [1.807, 2.05) is 0 Å². The summed E-state index contributed by atoms with van der Waals surface area (Å²) in [6.45, 7) is 1.64. The molecule has 0 amide bonds. The zero-order chi connectivity index (χ0) is 22.1. The van der Waals surface area contributed by atoms with E-state index in [0.717, 1.165) is 10.9 Å². The van der Waals surface area contributed by atoms with E-state index in [9.17, 15) is 19.5 Å². The second-order valence-electron chi connectivity index (χ2n) is 6.01. The number of aromatic nitrogens is 3. The Morgan fingerprint density at radius 1 is 1.13 bits per heavy atom. The molecule has 1 unspecified atom stereocenters. The molecule has 0 aliphatic rings. The highest BCUT2D eigenvalue weighted by atomic mass is 35.5. The number of carboxylic acid groups (broad SMARTS) is 3. The molecule has 31 heavy (non-hydrogen) atoms. The van der Waals surface area contributed by atoms with Gasteiger partial charge in [-0.05, 0) is 19.1 Å². The molecule has 0 spiro atoms. The van der Waals surface area contributed by atoms with Gasteiger partial charge in [0.15, 0.2) is 5.84 Å². The van der Waals surface area contributed by atoms with Crippen molar-refractivity contribution in [2.45, 2.75) is 25.9 Å². The average molecular weight is 454 g/mol. The number of pyridine rings is 1. The molecule has 2 heterocycles. The van der Waals surface area contributed by atoms with Gasteiger partial charge in [0.25, 0.3) is 6.33 Å². The molecule has 0 bridgehead atoms. The summed E-state index contributed by atoms with van der Waals surface area (Å²) in [6, 6.07) is 2.18. The summed E-state index contributed by atoms with van der Waals surface area (Å²) in [5, 5.41) is 42.9. The SMILES string of the molecule is CC(N=NCC(C(=O)O)[n+]1ccn(C(=O)O)c1)=NN=c1ccn(CCC(=O)O)cc1.[Cl-]. The molecule has 2 aromatic heterocycles. The van der Waals surface area contributed by atoms with E-state index in [2.05, 4.69) is 20.4 Å². The van der Waals surface area contributed by atoms with Gasteiger partial charge < -0.3 is 32.3 Å². The van der Waals surface area contributed by atoms with Crippen LogP contribution in [0.4, 0.5) is 4.79 Å². The number of rotatable bonds is 8. The molecule has 3 N–H and O–H groups in total. The average Bonchev–Trinajstić information content (AvgIpc) is 3.18. The molecule has 2 aromatic rings. The minimum Gasteiger partial charge on any atom is -1.00 e. The molecule has 14 heteroatoms. The predicted octanol–water partition coefficient (Wildman–Crippen LogP) is -2.41. The number of carboxylic acids is 2. The van der Waals surface area contributed by atoms with Crippen LogP contribution < -0.4 is 22.3 Å². The summed E-state index contributed by atoms with van der Waals surface area (Å²) in [7, 11) is 0. The maximum Gasteiger partial charge on any atom is 0.509 e. The largest absolute Gasteiger partial charge is 1.00 e. The lowest BCUT2D eigenvalue weighted by Gasteiger charge is -2.04. The standard InChI is InChI=1S/C17H19N7O6.ClH/c1-12(20-21-13-2-5-22(6-3-13)7-4-15(25)26)19-18-10-14(16(27)28)23-8-9-24(11-23)17(29)30;/h2-3,5-6,8-9,11,14H,4,7,10H2,1H3,(H2-,25,26,27,28,29,30);1H. The molecule has 2 rings (SSSR count). The van der Waals surface area contributed by atoms with Gasteiger partial charge >= 0.3 is 18.0 Å². The lowest BCUT2D eigenvalue weighted by molar-refractivity contribution is -0.707. The van der Waals surface area contributed by atoms with Crippen LogP contribution in [-0.4, -0.2) is 54.9 Å². The Balaban J connectivity index is 0.00000480. The molecule has 0 aliphatic heterocycles. The van der Waals surface area contributed by atoms with Crippen molar-refractivity contribution in [2.75, 3.05) is 6.54 Å². The summed E-state index contributed by atoms with van der Waals surface area (Å²) in [4.78, 5) is 32.9. The topological polar surface area (TPSA) is 175 Å². The normalized spacial score (nSPS) is 12.2. The number of carbonyl (C=O) groups is 3. The third-order valence-electron chi connectivity index (χ3n) is 3.76. The van der Waals surface area contributed by atoms with Crippen LogP contribution in [0.25, 0.3) is 0 Å². The summed E-state index contributed by atoms with van der Waals surface area (Å²) >= 11 is 0. The number of hydrogen-bond acceptors (Lipinski definition) is 6. The molecule has 0 saturated heterocycles. The van der Waals surface area contributed by atoms with Gasteiger partial charge in [-0.1, -0.05) is 0 Å². The van der Waals surface area contributed by atoms with E-state index >= 15 is 0 Å². The highest BCUT2D eigenvalue weighted by Crippen LogP contribution is 2.00. The number of azo groups is 1. The maximum absolute atomic E-state index is 11.4. The van der Waals surface area contributed by atoms with Gasteiger partial charge in [-0.2, -0.15) is 9.91 Å². The van der Waals surface area contributed by atoms with E-state index in [0.29, 0.717) is 11.9 Å². The van der Waals surface area contributed by atoms with Crippen LogP contribution in [0.3, 0.4) is 0 Å². The first-order valence-electron chi connectivity index (χ1n) is 8.65. The van der Waals surface area contributed by atoms with E-state index in [1.54, 1.807) is 29.1 Å². The monoisotopic (exact) mass is 453 g/mol. The van der Waals surface area contributed by atoms with E-state index in [4.69, 9.17) is 10.2 Å². The fraction of sp³-hybridized carbons (Fsp3) is 0.294. The van der Waals surface area contributed by atoms with Crippen molar-refractivity contribution >= 4 is 23.9 Å². The Bertz CT molecular complexity index is 1040. The van der Waals surface area contributed by atoms with Crippen LogP contribution in [0.1, 0.15) is 19.4 Å². The van der Waals surface area contributed by atoms with Gasteiger partial charge in [-0.15, -0.1) is 19.9 Å². The molecule has 13 nitrogen and oxygen atoms in total. The van der Waals surface area contributed by atoms with Crippen molar-refractivity contribution in [3.63, 3.8) is 0 Å². The molecule has 1 atom stereocenters. The Labute approximate surface area is 181 Å². The van der Waals surface area contributed by atoms with Crippen molar-refractivity contribution in [1.82, 2.24) is 9.13 Å². The summed E-state index contributed by atoms with van der Waals surface area (Å²) < 4.78 is 3.73. The summed E-state index contributed by atoms with van der Waals surface area (Å²) in [5.41, 5.74) is 0. The first kappa shape index (κ1) is 25.2. The van der Waals surface area contributed by atoms with Crippen LogP contribution in [-0.2, 0) is 16.1 Å². The first-order chi connectivity index (χ1) is 14.3. The van der Waals surface area contributed by atoms with Crippen LogP contribution in [0, 0.1) is 0 Å². The number of hydrogen-bond donors (Lipinski definition) is 3. The van der Waals surface area contributed by atoms with Crippen molar-refractivity contribution in [3.8, 4) is 0 Å². The molecular formula is C17H20ClN7O6. The Morgan fingerprint density at radius 3 is 2.35 bits per heavy atom. The third-order valence-corrected chi connectivity index (χ3v) is 3.76. The van der Waals surface area contributed by atoms with Gasteiger partial charge in [0.2, 0.25) is 6.04 Å². The fourth-order valence-corrected chi connectivity index (χ4v) is 2.23. The molecular weight excluding hydrogens is 434 g/mol. The van der Waals surface area contributed by atoms with Crippen molar-refractivity contribution < 1.29 is 46.7 Å². The van der Waals surface area contributed by atoms with Gasteiger partial charge in [-0.25, -0.2) is 9.36 Å². The van der Waals surface area contributed by atoms with E-state index in [-0.39, 0.29) is 31.2 Å². The van der Waals surface area contributed by atoms with Gasteiger partial charge in [0.1, 0.15) is 18.9 Å². The van der Waals surface area contributed by atoms with Gasteiger partial charge in [0, 0.05) is 18.9 Å². The molecule has 0 aliphatic carbocycles. The fourth-order valence-electron chi connectivity index (χ4n) is 2.23. The number of amidine groups is 1. The van der Waals surface area contributed by atoms with Gasteiger partial charge in [0.05, 0.1) is 11.8 Å². The predicted molar refractivity (Wildman–Crippen MR) is 99.8 cm³/mol. The van der Waals surface area contributed by atoms with Crippen LogP contribution in [0.2, 0.25) is 0 Å². The minimum absolute atomic E-state index is 0. The van der Waals surface area contributed by atoms with E-state index in [1.165, 1.54) is 23.9 Å². The number of imidazole rings is 1. The van der Waals surface area contributed by atoms with Crippen LogP contribution >= 0.6 is 0 Å². The molecule has 0 aromatic carbocycles. The van der Waals surface area contributed by atoms with E-state index < -0.39 is 24.1 Å². The highest BCUT2D eigenvalue weighted by Gasteiger charge is 2.26. The zero-order valence-corrected chi connectivity index (χ0v) is 17.1. The quantitative estimate of drug-likeness (QED) is 0.132. The number of halogens is 1. The number of aliphatic carboxylic acids is 2. The third kappa shape index (κ3) is 8.18. The first-order valence-corrected chi connectivity index (χ1v) is 8.65. The Morgan fingerprint density at radius 2 is 1.81 bits per heavy atom. The van der Waals surface area contributed by atoms with Crippen LogP contribution in [0.5, 0.6) is 0 Å². The summed E-state index contributed by atoms with van der Waals surface area (Å²) in [5.74, 6) is -1.89. The summed E-state index contributed by atoms with van der Waals surface area (Å²) in [6.07, 6.45) is 5.78. The van der Waals surface area contributed by atoms with Crippen molar-refractivity contribution in [3.05, 3.63) is 48.6 Å². The van der Waals surface area contributed by atoms with Crippen molar-refractivity contribution in [2.24, 2.45) is 20.4 Å². The lowest BCUT2D eigenvalue weighted by atomic mass is 10.3. The Hall–Kier alpha value is -3.87. The highest BCUT2D eigenvalue weighted by molar-refractivity contribution is 5.79.